The number of aliphatic hydroxyl groups excluding tert-OH is 2. The Hall–Kier alpha value is -1.61. The number of carboxylic acid groups (broad SMARTS) is 1. The van der Waals surface area contributed by atoms with Crippen LogP contribution in [0.25, 0.3) is 17.2 Å². The average molecular weight is 506 g/mol. The van der Waals surface area contributed by atoms with Gasteiger partial charge in [0.15, 0.2) is 0 Å². The van der Waals surface area contributed by atoms with E-state index in [0.29, 0.717) is 18.4 Å². The van der Waals surface area contributed by atoms with Gasteiger partial charge in [0.05, 0.1) is 24.5 Å². The van der Waals surface area contributed by atoms with Gasteiger partial charge in [-0.1, -0.05) is 37.1 Å². The number of hydrogen-bond acceptors (Lipinski definition) is 6. The molecule has 2 aliphatic carbocycles. The number of pyridine rings is 1. The van der Waals surface area contributed by atoms with E-state index in [0.717, 1.165) is 65.7 Å². The van der Waals surface area contributed by atoms with Crippen LogP contribution in [0.5, 0.6) is 0 Å². The normalized spacial score (nSPS) is 17.8. The molecule has 0 bridgehead atoms. The zero-order valence-corrected chi connectivity index (χ0v) is 23.1. The van der Waals surface area contributed by atoms with E-state index in [4.69, 9.17) is 9.72 Å². The molecule has 0 amide bonds. The molecule has 2 aromatic rings. The molecule has 2 fully saturated rings. The predicted octanol–water partition coefficient (Wildman–Crippen LogP) is 0.838. The van der Waals surface area contributed by atoms with E-state index in [1.54, 1.807) is 25.3 Å². The van der Waals surface area contributed by atoms with Gasteiger partial charge in [0, 0.05) is 54.6 Å². The minimum Gasteiger partial charge on any atom is -0.550 e. The van der Waals surface area contributed by atoms with E-state index in [-0.39, 0.29) is 41.8 Å². The molecule has 1 aromatic heterocycles. The van der Waals surface area contributed by atoms with E-state index in [9.17, 15) is 24.5 Å². The maximum atomic E-state index is 13.8. The van der Waals surface area contributed by atoms with E-state index in [1.807, 2.05) is 6.08 Å². The molecule has 0 aliphatic heterocycles. The van der Waals surface area contributed by atoms with E-state index >= 15 is 0 Å². The number of carboxylic acids is 1. The van der Waals surface area contributed by atoms with Crippen LogP contribution in [-0.4, -0.2) is 40.5 Å². The van der Waals surface area contributed by atoms with Gasteiger partial charge in [-0.2, -0.15) is 0 Å². The molecule has 0 radical (unpaired) electrons. The van der Waals surface area contributed by atoms with Crippen molar-refractivity contribution in [3.8, 4) is 11.1 Å². The summed E-state index contributed by atoms with van der Waals surface area (Å²) in [6, 6.07) is 6.40. The topological polar surface area (TPSA) is 103 Å². The van der Waals surface area contributed by atoms with Gasteiger partial charge in [-0.25, -0.2) is 4.39 Å². The molecule has 4 rings (SSSR count). The Morgan fingerprint density at radius 1 is 1.14 bits per heavy atom. The van der Waals surface area contributed by atoms with E-state index < -0.39 is 24.6 Å². The summed E-state index contributed by atoms with van der Waals surface area (Å²) in [4.78, 5) is 15.9. The first-order valence-corrected chi connectivity index (χ1v) is 12.4. The summed E-state index contributed by atoms with van der Waals surface area (Å²) >= 11 is 0. The smallest absolute Gasteiger partial charge is 0.550 e. The van der Waals surface area contributed by atoms with Crippen molar-refractivity contribution < 1.29 is 58.8 Å². The van der Waals surface area contributed by atoms with Crippen molar-refractivity contribution in [1.29, 1.82) is 0 Å². The summed E-state index contributed by atoms with van der Waals surface area (Å²) in [5, 5.41) is 31.2. The van der Waals surface area contributed by atoms with Crippen molar-refractivity contribution in [2.75, 3.05) is 7.11 Å². The summed E-state index contributed by atoms with van der Waals surface area (Å²) in [6.45, 7) is 0.365. The standard InChI is InChI=1S/C28H34FNO5.Na/c1-35-16-24-26(17-8-10-20(29)11-9-17)23(13-12-21(31)14-22(32)15-25(33)34)27(18-4-2-5-18)30-28(24)19-6-3-7-19;/h8-13,18-19,21-22,31-32H,2-7,14-16H2,1H3,(H,33,34);/q;+1/p-1/b13-12+;/t21-,22-;/m1./s1. The van der Waals surface area contributed by atoms with Crippen LogP contribution in [0.1, 0.15) is 85.7 Å². The van der Waals surface area contributed by atoms with Crippen LogP contribution in [-0.2, 0) is 16.1 Å². The number of ether oxygens (including phenoxy) is 1. The largest absolute Gasteiger partial charge is 1.00 e. The van der Waals surface area contributed by atoms with Gasteiger partial charge in [-0.15, -0.1) is 0 Å². The first kappa shape index (κ1) is 29.0. The van der Waals surface area contributed by atoms with Gasteiger partial charge in [-0.3, -0.25) is 4.98 Å². The molecular formula is C28H33FNNaO5. The van der Waals surface area contributed by atoms with E-state index in [2.05, 4.69) is 0 Å². The SMILES string of the molecule is COCc1c(C2CCC2)nc(C2CCC2)c(/C=C/[C@@H](O)C[C@@H](O)CC(=O)[O-])c1-c1ccc(F)cc1.[Na+]. The summed E-state index contributed by atoms with van der Waals surface area (Å²) in [6.07, 6.45) is 7.05. The second-order valence-electron chi connectivity index (χ2n) is 9.74. The van der Waals surface area contributed by atoms with Gasteiger partial charge in [0.1, 0.15) is 5.82 Å². The number of aliphatic carboxylic acids is 1. The Labute approximate surface area is 233 Å². The number of aliphatic hydroxyl groups is 2. The van der Waals surface area contributed by atoms with Crippen LogP contribution < -0.4 is 34.7 Å². The number of carbonyl (C=O) groups excluding carboxylic acids is 1. The molecule has 2 N–H and O–H groups in total. The third kappa shape index (κ3) is 6.82. The molecule has 2 aliphatic rings. The molecule has 1 aromatic carbocycles. The number of benzene rings is 1. The third-order valence-corrected chi connectivity index (χ3v) is 7.20. The van der Waals surface area contributed by atoms with Crippen LogP contribution in [0.4, 0.5) is 4.39 Å². The molecule has 0 unspecified atom stereocenters. The minimum atomic E-state index is -1.36. The molecule has 8 heteroatoms. The fourth-order valence-electron chi connectivity index (χ4n) is 4.93. The molecule has 6 nitrogen and oxygen atoms in total. The molecule has 0 saturated heterocycles. The number of aromatic nitrogens is 1. The fraction of sp³-hybridized carbons (Fsp3) is 0.500. The number of methoxy groups -OCH3 is 1. The first-order valence-electron chi connectivity index (χ1n) is 12.4. The number of rotatable bonds is 11. The van der Waals surface area contributed by atoms with Gasteiger partial charge >= 0.3 is 29.6 Å². The average Bonchev–Trinajstić information content (AvgIpc) is 2.72. The Kier molecular flexibility index (Phi) is 10.7. The molecule has 1 heterocycles. The summed E-state index contributed by atoms with van der Waals surface area (Å²) < 4.78 is 19.4. The maximum absolute atomic E-state index is 13.8. The van der Waals surface area contributed by atoms with Crippen LogP contribution in [0, 0.1) is 5.82 Å². The van der Waals surface area contributed by atoms with Crippen LogP contribution in [0.15, 0.2) is 30.3 Å². The zero-order chi connectivity index (χ0) is 24.9. The second kappa shape index (κ2) is 13.3. The van der Waals surface area contributed by atoms with Crippen molar-refractivity contribution >= 4 is 12.0 Å². The Bertz CT molecular complexity index is 1070. The molecule has 0 spiro atoms. The van der Waals surface area contributed by atoms with Crippen LogP contribution in [0.2, 0.25) is 0 Å². The number of nitrogens with zero attached hydrogens (tertiary/aromatic N) is 1. The molecule has 2 saturated carbocycles. The quantitative estimate of drug-likeness (QED) is 0.439. The van der Waals surface area contributed by atoms with Gasteiger partial charge < -0.3 is 24.9 Å². The Morgan fingerprint density at radius 2 is 1.75 bits per heavy atom. The van der Waals surface area contributed by atoms with Gasteiger partial charge in [0.2, 0.25) is 0 Å². The van der Waals surface area contributed by atoms with Crippen molar-refractivity contribution in [3.05, 3.63) is 58.7 Å². The van der Waals surface area contributed by atoms with Gasteiger partial charge in [-0.05, 0) is 48.9 Å². The third-order valence-electron chi connectivity index (χ3n) is 7.20. The van der Waals surface area contributed by atoms with Gasteiger partial charge in [0.25, 0.3) is 0 Å². The zero-order valence-electron chi connectivity index (χ0n) is 21.1. The summed E-state index contributed by atoms with van der Waals surface area (Å²) in [5.41, 5.74) is 5.68. The first-order chi connectivity index (χ1) is 16.9. The van der Waals surface area contributed by atoms with Crippen LogP contribution in [0.3, 0.4) is 0 Å². The molecule has 2 atom stereocenters. The molecular weight excluding hydrogens is 472 g/mol. The number of carbonyl (C=O) groups is 1. The molecule has 36 heavy (non-hydrogen) atoms. The Morgan fingerprint density at radius 3 is 2.28 bits per heavy atom. The summed E-state index contributed by atoms with van der Waals surface area (Å²) in [7, 11) is 1.65. The van der Waals surface area contributed by atoms with Crippen molar-refractivity contribution in [3.63, 3.8) is 0 Å². The van der Waals surface area contributed by atoms with E-state index in [1.165, 1.54) is 18.6 Å². The summed E-state index contributed by atoms with van der Waals surface area (Å²) in [5.74, 6) is -0.991. The van der Waals surface area contributed by atoms with Crippen molar-refractivity contribution in [1.82, 2.24) is 4.98 Å². The Balaban J connectivity index is 0.00000361. The maximum Gasteiger partial charge on any atom is 1.00 e. The number of halogens is 1. The number of hydrogen-bond donors (Lipinski definition) is 2. The second-order valence-corrected chi connectivity index (χ2v) is 9.74. The monoisotopic (exact) mass is 505 g/mol. The van der Waals surface area contributed by atoms with Crippen molar-refractivity contribution in [2.45, 2.75) is 82.0 Å². The van der Waals surface area contributed by atoms with Crippen LogP contribution >= 0.6 is 0 Å². The minimum absolute atomic E-state index is 0. The molecule has 188 valence electrons. The van der Waals surface area contributed by atoms with Crippen molar-refractivity contribution in [2.24, 2.45) is 0 Å². The predicted molar refractivity (Wildman–Crippen MR) is 129 cm³/mol. The fourth-order valence-corrected chi connectivity index (χ4v) is 4.93.